The first-order valence-electron chi connectivity index (χ1n) is 4.48. The van der Waals surface area contributed by atoms with Crippen molar-refractivity contribution in [3.63, 3.8) is 0 Å². The van der Waals surface area contributed by atoms with Crippen molar-refractivity contribution in [2.24, 2.45) is 0 Å². The van der Waals surface area contributed by atoms with Crippen LogP contribution in [0.1, 0.15) is 14.3 Å². The molecule has 0 saturated heterocycles. The van der Waals surface area contributed by atoms with E-state index in [0.717, 1.165) is 18.4 Å². The number of rotatable bonds is 4. The normalized spacial score (nSPS) is 15.3. The molecule has 0 aromatic rings. The third kappa shape index (κ3) is 3.42. The predicted molar refractivity (Wildman–Crippen MR) is 53.5 cm³/mol. The molecular formula is C10H17NO2. The summed E-state index contributed by atoms with van der Waals surface area (Å²) in [4.78, 5) is 11.4. The molecule has 1 aliphatic rings. The third-order valence-corrected chi connectivity index (χ3v) is 1.85. The molecule has 0 heterocycles. The molecule has 3 nitrogen and oxygen atoms in total. The van der Waals surface area contributed by atoms with Crippen molar-refractivity contribution in [2.75, 3.05) is 20.3 Å². The molecule has 0 aliphatic heterocycles. The number of methoxy groups -OCH3 is 1. The first-order valence-corrected chi connectivity index (χ1v) is 4.48. The number of amides is 1. The summed E-state index contributed by atoms with van der Waals surface area (Å²) < 4.78 is 4.83. The summed E-state index contributed by atoms with van der Waals surface area (Å²) >= 11 is 0. The van der Waals surface area contributed by atoms with Crippen LogP contribution in [0.4, 0.5) is 0 Å². The lowest BCUT2D eigenvalue weighted by atomic mass is 10.1. The van der Waals surface area contributed by atoms with Crippen molar-refractivity contribution in [1.82, 2.24) is 5.32 Å². The van der Waals surface area contributed by atoms with Gasteiger partial charge in [0.2, 0.25) is 0 Å². The van der Waals surface area contributed by atoms with Crippen molar-refractivity contribution < 1.29 is 11.0 Å². The first kappa shape index (κ1) is 9.99. The van der Waals surface area contributed by atoms with E-state index in [-0.39, 0.29) is 7.33 Å². The summed E-state index contributed by atoms with van der Waals surface area (Å²) in [5.74, 6) is -0.00648. The highest BCUT2D eigenvalue weighted by molar-refractivity contribution is 5.96. The van der Waals surface area contributed by atoms with E-state index >= 15 is 0 Å². The van der Waals surface area contributed by atoms with Crippen LogP contribution in [-0.2, 0) is 9.53 Å². The number of carbonyl (C=O) groups excluding carboxylic acids is 1. The van der Waals surface area contributed by atoms with Gasteiger partial charge < -0.3 is 10.1 Å². The highest BCUT2D eigenvalue weighted by Gasteiger charge is 2.06. The topological polar surface area (TPSA) is 38.3 Å². The molecule has 0 aromatic heterocycles. The summed E-state index contributed by atoms with van der Waals surface area (Å²) in [5.41, 5.74) is 0.766. The van der Waals surface area contributed by atoms with Crippen molar-refractivity contribution in [2.45, 2.75) is 12.8 Å². The summed E-state index contributed by atoms with van der Waals surface area (Å²) in [5, 5.41) is 2.77. The molecule has 0 unspecified atom stereocenters. The summed E-state index contributed by atoms with van der Waals surface area (Å²) in [6.45, 7) is 1.13. The molecule has 0 fully saturated rings. The highest BCUT2D eigenvalue weighted by atomic mass is 16.5. The minimum Gasteiger partial charge on any atom is -0.383 e. The molecule has 1 aliphatic carbocycles. The Morgan fingerprint density at radius 3 is 3.15 bits per heavy atom. The zero-order valence-corrected chi connectivity index (χ0v) is 7.88. The van der Waals surface area contributed by atoms with E-state index in [4.69, 9.17) is 4.74 Å². The molecule has 0 spiro atoms. The van der Waals surface area contributed by atoms with E-state index in [1.807, 2.05) is 18.2 Å². The molecule has 0 saturated carbocycles. The minimum atomic E-state index is -0.00648. The van der Waals surface area contributed by atoms with Crippen molar-refractivity contribution >= 4 is 5.91 Å². The van der Waals surface area contributed by atoms with Gasteiger partial charge in [-0.25, -0.2) is 0 Å². The SMILES string of the molecule is COCCNC(=O)C1=CCCC=C1.[HH]. The van der Waals surface area contributed by atoms with Crippen LogP contribution in [-0.4, -0.2) is 26.2 Å². The van der Waals surface area contributed by atoms with Crippen molar-refractivity contribution in [3.05, 3.63) is 23.8 Å². The van der Waals surface area contributed by atoms with E-state index in [1.54, 1.807) is 7.11 Å². The van der Waals surface area contributed by atoms with Gasteiger partial charge in [0.15, 0.2) is 0 Å². The zero-order valence-electron chi connectivity index (χ0n) is 7.88. The average molecular weight is 183 g/mol. The van der Waals surface area contributed by atoms with Gasteiger partial charge in [-0.05, 0) is 12.8 Å². The Morgan fingerprint density at radius 2 is 2.54 bits per heavy atom. The highest BCUT2D eigenvalue weighted by Crippen LogP contribution is 2.08. The second-order valence-electron chi connectivity index (χ2n) is 2.89. The molecule has 1 N–H and O–H groups in total. The molecule has 3 heteroatoms. The summed E-state index contributed by atoms with van der Waals surface area (Å²) in [6, 6.07) is 0. The Hall–Kier alpha value is -1.09. The maximum absolute atomic E-state index is 11.4. The van der Waals surface area contributed by atoms with Gasteiger partial charge >= 0.3 is 0 Å². The van der Waals surface area contributed by atoms with E-state index in [9.17, 15) is 4.79 Å². The molecule has 13 heavy (non-hydrogen) atoms. The second-order valence-corrected chi connectivity index (χ2v) is 2.89. The van der Waals surface area contributed by atoms with Crippen LogP contribution in [0.5, 0.6) is 0 Å². The monoisotopic (exact) mass is 183 g/mol. The molecular weight excluding hydrogens is 166 g/mol. The summed E-state index contributed by atoms with van der Waals surface area (Å²) in [7, 11) is 1.62. The van der Waals surface area contributed by atoms with Crippen molar-refractivity contribution in [3.8, 4) is 0 Å². The average Bonchev–Trinajstić information content (AvgIpc) is 2.19. The van der Waals surface area contributed by atoms with Gasteiger partial charge in [0.25, 0.3) is 5.91 Å². The molecule has 0 aromatic carbocycles. The zero-order chi connectivity index (χ0) is 9.52. The lowest BCUT2D eigenvalue weighted by molar-refractivity contribution is -0.117. The minimum absolute atomic E-state index is 0. The van der Waals surface area contributed by atoms with E-state index in [1.165, 1.54) is 0 Å². The molecule has 1 amide bonds. The molecule has 74 valence electrons. The number of allylic oxidation sites excluding steroid dienone is 2. The van der Waals surface area contributed by atoms with Gasteiger partial charge in [0, 0.05) is 20.7 Å². The van der Waals surface area contributed by atoms with Crippen LogP contribution >= 0.6 is 0 Å². The Bertz CT molecular complexity index is 236. The van der Waals surface area contributed by atoms with Gasteiger partial charge in [-0.2, -0.15) is 0 Å². The largest absolute Gasteiger partial charge is 0.383 e. The van der Waals surface area contributed by atoms with Crippen LogP contribution in [0.25, 0.3) is 0 Å². The van der Waals surface area contributed by atoms with E-state index in [2.05, 4.69) is 5.32 Å². The standard InChI is InChI=1S/C10H15NO2.H2/c1-13-8-7-11-10(12)9-5-3-2-4-6-9;/h3,5-6H,2,4,7-8H2,1H3,(H,11,12);1H. The Kier molecular flexibility index (Phi) is 4.26. The maximum atomic E-state index is 11.4. The maximum Gasteiger partial charge on any atom is 0.251 e. The number of hydrogen-bond donors (Lipinski definition) is 1. The molecule has 1 rings (SSSR count). The predicted octanol–water partition coefficient (Wildman–Crippen LogP) is 1.27. The van der Waals surface area contributed by atoms with Gasteiger partial charge in [0.05, 0.1) is 6.61 Å². The van der Waals surface area contributed by atoms with Gasteiger partial charge in [-0.3, -0.25) is 4.79 Å². The number of ether oxygens (including phenoxy) is 1. The molecule has 0 bridgehead atoms. The first-order chi connectivity index (χ1) is 6.34. The fourth-order valence-corrected chi connectivity index (χ4v) is 1.15. The molecule has 0 radical (unpaired) electrons. The summed E-state index contributed by atoms with van der Waals surface area (Å²) in [6.07, 6.45) is 7.84. The lowest BCUT2D eigenvalue weighted by Crippen LogP contribution is -2.28. The van der Waals surface area contributed by atoms with Crippen LogP contribution < -0.4 is 5.32 Å². The molecule has 0 atom stereocenters. The second kappa shape index (κ2) is 5.54. The smallest absolute Gasteiger partial charge is 0.251 e. The van der Waals surface area contributed by atoms with E-state index < -0.39 is 0 Å². The number of hydrogen-bond acceptors (Lipinski definition) is 2. The Balaban J connectivity index is 0.00000169. The third-order valence-electron chi connectivity index (χ3n) is 1.85. The fourth-order valence-electron chi connectivity index (χ4n) is 1.15. The number of nitrogens with one attached hydrogen (secondary N) is 1. The number of carbonyl (C=O) groups is 1. The lowest BCUT2D eigenvalue weighted by Gasteiger charge is -2.07. The Morgan fingerprint density at radius 1 is 1.69 bits per heavy atom. The van der Waals surface area contributed by atoms with E-state index in [0.29, 0.717) is 13.2 Å². The quantitative estimate of drug-likeness (QED) is 0.666. The van der Waals surface area contributed by atoms with Crippen molar-refractivity contribution in [1.29, 1.82) is 0 Å². The van der Waals surface area contributed by atoms with Crippen LogP contribution in [0.2, 0.25) is 0 Å². The van der Waals surface area contributed by atoms with Crippen LogP contribution in [0.3, 0.4) is 0 Å². The van der Waals surface area contributed by atoms with Gasteiger partial charge in [-0.1, -0.05) is 18.2 Å². The van der Waals surface area contributed by atoms with Crippen LogP contribution in [0, 0.1) is 0 Å². The van der Waals surface area contributed by atoms with Gasteiger partial charge in [0.1, 0.15) is 0 Å². The van der Waals surface area contributed by atoms with Crippen LogP contribution in [0.15, 0.2) is 23.8 Å². The fraction of sp³-hybridized carbons (Fsp3) is 0.500. The van der Waals surface area contributed by atoms with Gasteiger partial charge in [-0.15, -0.1) is 0 Å². The Labute approximate surface area is 79.9 Å².